The lowest BCUT2D eigenvalue weighted by Crippen LogP contribution is -2.39. The van der Waals surface area contributed by atoms with E-state index in [9.17, 15) is 23.3 Å². The third kappa shape index (κ3) is 4.46. The summed E-state index contributed by atoms with van der Waals surface area (Å²) in [5, 5.41) is 22.1. The van der Waals surface area contributed by atoms with Crippen LogP contribution in [-0.4, -0.2) is 28.9 Å². The van der Waals surface area contributed by atoms with Gasteiger partial charge >= 0.3 is 6.18 Å². The molecule has 0 heterocycles. The number of nitrogens with one attached hydrogen (secondary N) is 1. The molecule has 0 amide bonds. The van der Waals surface area contributed by atoms with Crippen LogP contribution in [0.1, 0.15) is 24.9 Å². The number of nitrogens with zero attached hydrogens (tertiary/aromatic N) is 1. The first-order chi connectivity index (χ1) is 9.25. The highest BCUT2D eigenvalue weighted by molar-refractivity contribution is 5.35. The molecular formula is C12H15F3N2O3. The molecule has 0 aliphatic carbocycles. The predicted molar refractivity (Wildman–Crippen MR) is 66.2 cm³/mol. The first-order valence-corrected chi connectivity index (χ1v) is 5.98. The fraction of sp³-hybridized carbons (Fsp3) is 0.500. The van der Waals surface area contributed by atoms with Crippen LogP contribution in [0.25, 0.3) is 0 Å². The third-order valence-corrected chi connectivity index (χ3v) is 2.83. The molecular weight excluding hydrogens is 277 g/mol. The molecule has 1 aromatic carbocycles. The van der Waals surface area contributed by atoms with Crippen LogP contribution in [0, 0.1) is 10.1 Å². The highest BCUT2D eigenvalue weighted by Crippen LogP contribution is 2.23. The van der Waals surface area contributed by atoms with E-state index in [0.717, 1.165) is 0 Å². The Hall–Kier alpha value is -1.67. The van der Waals surface area contributed by atoms with Crippen LogP contribution < -0.4 is 5.32 Å². The van der Waals surface area contributed by atoms with Crippen molar-refractivity contribution in [3.8, 4) is 0 Å². The van der Waals surface area contributed by atoms with Gasteiger partial charge in [0.25, 0.3) is 5.69 Å². The molecule has 20 heavy (non-hydrogen) atoms. The van der Waals surface area contributed by atoms with E-state index in [2.05, 4.69) is 5.32 Å². The van der Waals surface area contributed by atoms with Gasteiger partial charge < -0.3 is 10.4 Å². The van der Waals surface area contributed by atoms with Gasteiger partial charge in [0.2, 0.25) is 0 Å². The van der Waals surface area contributed by atoms with Crippen LogP contribution in [0.2, 0.25) is 0 Å². The average molecular weight is 292 g/mol. The number of benzene rings is 1. The largest absolute Gasteiger partial charge is 0.415 e. The molecule has 2 unspecified atom stereocenters. The van der Waals surface area contributed by atoms with E-state index in [1.807, 2.05) is 0 Å². The Morgan fingerprint density at radius 1 is 1.45 bits per heavy atom. The second kappa shape index (κ2) is 6.67. The number of alkyl halides is 3. The molecule has 5 nitrogen and oxygen atoms in total. The van der Waals surface area contributed by atoms with E-state index in [-0.39, 0.29) is 5.69 Å². The first-order valence-electron chi connectivity index (χ1n) is 5.98. The fourth-order valence-electron chi connectivity index (χ4n) is 1.72. The van der Waals surface area contributed by atoms with Crippen molar-refractivity contribution < 1.29 is 23.2 Å². The number of aliphatic hydroxyl groups excluding tert-OH is 1. The van der Waals surface area contributed by atoms with Crippen molar-refractivity contribution in [3.63, 3.8) is 0 Å². The molecule has 0 bridgehead atoms. The Balaban J connectivity index is 2.76. The van der Waals surface area contributed by atoms with Crippen molar-refractivity contribution in [2.75, 3.05) is 6.54 Å². The first kappa shape index (κ1) is 16.4. The summed E-state index contributed by atoms with van der Waals surface area (Å²) in [4.78, 5) is 10.1. The summed E-state index contributed by atoms with van der Waals surface area (Å²) in [6.07, 6.45) is -6.71. The molecule has 0 saturated carbocycles. The van der Waals surface area contributed by atoms with Crippen molar-refractivity contribution in [2.45, 2.75) is 31.7 Å². The summed E-state index contributed by atoms with van der Waals surface area (Å²) in [6, 6.07) is 5.18. The highest BCUT2D eigenvalue weighted by Gasteiger charge is 2.38. The van der Waals surface area contributed by atoms with E-state index in [4.69, 9.17) is 5.11 Å². The maximum Gasteiger partial charge on any atom is 0.415 e. The number of non-ortho nitro benzene ring substituents is 1. The van der Waals surface area contributed by atoms with Gasteiger partial charge in [0.15, 0.2) is 6.10 Å². The summed E-state index contributed by atoms with van der Waals surface area (Å²) >= 11 is 0. The zero-order chi connectivity index (χ0) is 15.3. The lowest BCUT2D eigenvalue weighted by atomic mass is 10.0. The van der Waals surface area contributed by atoms with E-state index in [1.165, 1.54) is 18.2 Å². The van der Waals surface area contributed by atoms with Gasteiger partial charge in [-0.3, -0.25) is 10.1 Å². The van der Waals surface area contributed by atoms with Crippen molar-refractivity contribution in [3.05, 3.63) is 39.9 Å². The van der Waals surface area contributed by atoms with Crippen LogP contribution in [-0.2, 0) is 0 Å². The number of rotatable bonds is 6. The van der Waals surface area contributed by atoms with Gasteiger partial charge in [-0.15, -0.1) is 0 Å². The number of hydrogen-bond acceptors (Lipinski definition) is 4. The second-order valence-electron chi connectivity index (χ2n) is 4.28. The molecule has 2 atom stereocenters. The van der Waals surface area contributed by atoms with Gasteiger partial charge in [0, 0.05) is 24.7 Å². The molecule has 0 fully saturated rings. The van der Waals surface area contributed by atoms with Gasteiger partial charge in [-0.05, 0) is 12.0 Å². The molecule has 8 heteroatoms. The Morgan fingerprint density at radius 2 is 2.10 bits per heavy atom. The quantitative estimate of drug-likeness (QED) is 0.624. The predicted octanol–water partition coefficient (Wildman–Crippen LogP) is 2.56. The van der Waals surface area contributed by atoms with Crippen molar-refractivity contribution in [1.82, 2.24) is 5.32 Å². The minimum atomic E-state index is -4.69. The molecule has 1 rings (SSSR count). The van der Waals surface area contributed by atoms with Gasteiger partial charge in [0.1, 0.15) is 0 Å². The number of nitro groups is 1. The normalized spacial score (nSPS) is 14.8. The summed E-state index contributed by atoms with van der Waals surface area (Å²) in [5.41, 5.74) is 0.384. The van der Waals surface area contributed by atoms with Crippen molar-refractivity contribution >= 4 is 5.69 Å². The molecule has 2 N–H and O–H groups in total. The topological polar surface area (TPSA) is 75.4 Å². The molecule has 0 spiro atoms. The minimum Gasteiger partial charge on any atom is -0.382 e. The Kier molecular flexibility index (Phi) is 5.46. The molecule has 1 aromatic rings. The summed E-state index contributed by atoms with van der Waals surface area (Å²) in [6.45, 7) is 1.07. The molecule has 112 valence electrons. The number of nitro benzene ring substituents is 1. The summed E-state index contributed by atoms with van der Waals surface area (Å²) in [7, 11) is 0. The van der Waals surface area contributed by atoms with Gasteiger partial charge in [-0.1, -0.05) is 19.1 Å². The van der Waals surface area contributed by atoms with Gasteiger partial charge in [0.05, 0.1) is 4.92 Å². The molecule has 0 aliphatic rings. The monoisotopic (exact) mass is 292 g/mol. The summed E-state index contributed by atoms with van der Waals surface area (Å²) < 4.78 is 36.6. The highest BCUT2D eigenvalue weighted by atomic mass is 19.4. The SMILES string of the molecule is CCC(NCC(O)C(F)(F)F)c1cccc([N+](=O)[O-])c1. The van der Waals surface area contributed by atoms with E-state index in [0.29, 0.717) is 12.0 Å². The van der Waals surface area contributed by atoms with E-state index < -0.39 is 29.8 Å². The zero-order valence-corrected chi connectivity index (χ0v) is 10.7. The van der Waals surface area contributed by atoms with E-state index >= 15 is 0 Å². The molecule has 0 radical (unpaired) electrons. The Labute approximate surface area is 113 Å². The van der Waals surface area contributed by atoms with Gasteiger partial charge in [-0.2, -0.15) is 13.2 Å². The van der Waals surface area contributed by atoms with Crippen LogP contribution in [0.3, 0.4) is 0 Å². The van der Waals surface area contributed by atoms with Crippen LogP contribution in [0.4, 0.5) is 18.9 Å². The van der Waals surface area contributed by atoms with Crippen molar-refractivity contribution in [1.29, 1.82) is 0 Å². The second-order valence-corrected chi connectivity index (χ2v) is 4.28. The standard InChI is InChI=1S/C12H15F3N2O3/c1-2-10(16-7-11(18)12(13,14)15)8-4-3-5-9(6-8)17(19)20/h3-6,10-11,16,18H,2,7H2,1H3. The average Bonchev–Trinajstić information content (AvgIpc) is 2.38. The maximum atomic E-state index is 12.2. The maximum absolute atomic E-state index is 12.2. The summed E-state index contributed by atoms with van der Waals surface area (Å²) in [5.74, 6) is 0. The minimum absolute atomic E-state index is 0.126. The third-order valence-electron chi connectivity index (χ3n) is 2.83. The lowest BCUT2D eigenvalue weighted by Gasteiger charge is -2.21. The van der Waals surface area contributed by atoms with Gasteiger partial charge in [-0.25, -0.2) is 0 Å². The zero-order valence-electron chi connectivity index (χ0n) is 10.7. The smallest absolute Gasteiger partial charge is 0.382 e. The number of halogens is 3. The van der Waals surface area contributed by atoms with Crippen LogP contribution >= 0.6 is 0 Å². The molecule has 0 aromatic heterocycles. The lowest BCUT2D eigenvalue weighted by molar-refractivity contribution is -0.384. The number of aliphatic hydroxyl groups is 1. The Bertz CT molecular complexity index is 466. The van der Waals surface area contributed by atoms with Crippen LogP contribution in [0.5, 0.6) is 0 Å². The van der Waals surface area contributed by atoms with Crippen molar-refractivity contribution in [2.24, 2.45) is 0 Å². The van der Waals surface area contributed by atoms with E-state index in [1.54, 1.807) is 13.0 Å². The fourth-order valence-corrected chi connectivity index (χ4v) is 1.72. The van der Waals surface area contributed by atoms with Crippen LogP contribution in [0.15, 0.2) is 24.3 Å². The molecule has 0 saturated heterocycles. The Morgan fingerprint density at radius 3 is 2.60 bits per heavy atom. The number of hydrogen-bond donors (Lipinski definition) is 2. The molecule has 0 aliphatic heterocycles.